The normalized spacial score (nSPS) is 27.3. The second kappa shape index (κ2) is 4.25. The average molecular weight is 203 g/mol. The first-order chi connectivity index (χ1) is 6.50. The van der Waals surface area contributed by atoms with E-state index in [2.05, 4.69) is 10.1 Å². The van der Waals surface area contributed by atoms with Crippen LogP contribution in [0.2, 0.25) is 0 Å². The first kappa shape index (κ1) is 11.4. The Bertz CT molecular complexity index is 217. The number of hydrogen-bond acceptors (Lipinski definition) is 5. The first-order valence-electron chi connectivity index (χ1n) is 4.57. The molecule has 0 bridgehead atoms. The predicted octanol–water partition coefficient (Wildman–Crippen LogP) is -0.101. The SMILES string of the molecule is CN[C@H](C(=O)OC)[C@@H]1COC(C)(C)O1. The van der Waals surface area contributed by atoms with Gasteiger partial charge < -0.3 is 19.5 Å². The van der Waals surface area contributed by atoms with Crippen LogP contribution < -0.4 is 5.32 Å². The molecule has 0 unspecified atom stereocenters. The topological polar surface area (TPSA) is 56.8 Å². The smallest absolute Gasteiger partial charge is 0.325 e. The molecule has 0 amide bonds. The van der Waals surface area contributed by atoms with Crippen LogP contribution >= 0.6 is 0 Å². The minimum Gasteiger partial charge on any atom is -0.468 e. The zero-order valence-electron chi connectivity index (χ0n) is 8.99. The van der Waals surface area contributed by atoms with Gasteiger partial charge in [-0.1, -0.05) is 0 Å². The fourth-order valence-electron chi connectivity index (χ4n) is 1.46. The standard InChI is InChI=1S/C9H17NO4/c1-9(2)13-5-6(14-9)7(10-3)8(11)12-4/h6-7,10H,5H2,1-4H3/t6-,7-/m0/s1. The molecule has 1 rings (SSSR count). The van der Waals surface area contributed by atoms with E-state index >= 15 is 0 Å². The highest BCUT2D eigenvalue weighted by Crippen LogP contribution is 2.24. The zero-order chi connectivity index (χ0) is 10.8. The van der Waals surface area contributed by atoms with Gasteiger partial charge in [0.1, 0.15) is 12.1 Å². The van der Waals surface area contributed by atoms with Gasteiger partial charge in [-0.05, 0) is 20.9 Å². The van der Waals surface area contributed by atoms with Crippen molar-refractivity contribution in [3.05, 3.63) is 0 Å². The number of rotatable bonds is 3. The predicted molar refractivity (Wildman–Crippen MR) is 49.8 cm³/mol. The van der Waals surface area contributed by atoms with Gasteiger partial charge in [0.15, 0.2) is 5.79 Å². The Morgan fingerprint density at radius 2 is 2.29 bits per heavy atom. The van der Waals surface area contributed by atoms with E-state index in [1.807, 2.05) is 13.8 Å². The van der Waals surface area contributed by atoms with Crippen LogP contribution in [0.15, 0.2) is 0 Å². The van der Waals surface area contributed by atoms with Gasteiger partial charge in [-0.2, -0.15) is 0 Å². The fourth-order valence-corrected chi connectivity index (χ4v) is 1.46. The van der Waals surface area contributed by atoms with Crippen molar-refractivity contribution in [1.82, 2.24) is 5.32 Å². The molecular formula is C9H17NO4. The summed E-state index contributed by atoms with van der Waals surface area (Å²) in [6, 6.07) is -0.471. The highest BCUT2D eigenvalue weighted by Gasteiger charge is 2.40. The lowest BCUT2D eigenvalue weighted by molar-refractivity contribution is -0.156. The van der Waals surface area contributed by atoms with Crippen molar-refractivity contribution in [1.29, 1.82) is 0 Å². The van der Waals surface area contributed by atoms with E-state index in [4.69, 9.17) is 9.47 Å². The van der Waals surface area contributed by atoms with Crippen LogP contribution in [0.1, 0.15) is 13.8 Å². The van der Waals surface area contributed by atoms with Gasteiger partial charge in [0.25, 0.3) is 0 Å². The van der Waals surface area contributed by atoms with E-state index in [1.54, 1.807) is 7.05 Å². The van der Waals surface area contributed by atoms with Crippen LogP contribution in [0, 0.1) is 0 Å². The summed E-state index contributed by atoms with van der Waals surface area (Å²) in [7, 11) is 3.05. The monoisotopic (exact) mass is 203 g/mol. The fraction of sp³-hybridized carbons (Fsp3) is 0.889. The molecular weight excluding hydrogens is 186 g/mol. The second-order valence-electron chi connectivity index (χ2n) is 3.66. The van der Waals surface area contributed by atoms with Crippen molar-refractivity contribution in [2.24, 2.45) is 0 Å². The van der Waals surface area contributed by atoms with E-state index in [1.165, 1.54) is 7.11 Å². The molecule has 1 N–H and O–H groups in total. The summed E-state index contributed by atoms with van der Waals surface area (Å²) in [5.74, 6) is -0.952. The molecule has 0 aromatic carbocycles. The summed E-state index contributed by atoms with van der Waals surface area (Å²) in [6.07, 6.45) is -0.289. The van der Waals surface area contributed by atoms with Crippen LogP contribution in [-0.4, -0.2) is 44.7 Å². The molecule has 0 saturated carbocycles. The lowest BCUT2D eigenvalue weighted by atomic mass is 10.2. The Kier molecular flexibility index (Phi) is 3.47. The van der Waals surface area contributed by atoms with Gasteiger partial charge in [-0.25, -0.2) is 0 Å². The molecule has 0 aromatic heterocycles. The molecule has 1 saturated heterocycles. The number of ether oxygens (including phenoxy) is 3. The van der Waals surface area contributed by atoms with Crippen molar-refractivity contribution in [3.8, 4) is 0 Å². The molecule has 5 heteroatoms. The Hall–Kier alpha value is -0.650. The van der Waals surface area contributed by atoms with Gasteiger partial charge >= 0.3 is 5.97 Å². The van der Waals surface area contributed by atoms with Crippen molar-refractivity contribution in [2.45, 2.75) is 31.8 Å². The van der Waals surface area contributed by atoms with E-state index in [0.29, 0.717) is 6.61 Å². The summed E-state index contributed by atoms with van der Waals surface area (Å²) in [6.45, 7) is 4.03. The summed E-state index contributed by atoms with van der Waals surface area (Å²) in [4.78, 5) is 11.3. The molecule has 0 radical (unpaired) electrons. The molecule has 5 nitrogen and oxygen atoms in total. The minimum atomic E-state index is -0.617. The zero-order valence-corrected chi connectivity index (χ0v) is 8.99. The van der Waals surface area contributed by atoms with Crippen molar-refractivity contribution in [2.75, 3.05) is 20.8 Å². The number of carbonyl (C=O) groups excluding carboxylic acids is 1. The molecule has 1 heterocycles. The summed E-state index contributed by atoms with van der Waals surface area (Å²) >= 11 is 0. The Balaban J connectivity index is 2.59. The molecule has 1 fully saturated rings. The van der Waals surface area contributed by atoms with Crippen LogP contribution in [0.5, 0.6) is 0 Å². The van der Waals surface area contributed by atoms with Crippen LogP contribution in [0.25, 0.3) is 0 Å². The van der Waals surface area contributed by atoms with Crippen LogP contribution in [0.3, 0.4) is 0 Å². The first-order valence-corrected chi connectivity index (χ1v) is 4.57. The third kappa shape index (κ3) is 2.43. The third-order valence-corrected chi connectivity index (χ3v) is 2.17. The molecule has 1 aliphatic rings. The second-order valence-corrected chi connectivity index (χ2v) is 3.66. The van der Waals surface area contributed by atoms with Crippen LogP contribution in [0.4, 0.5) is 0 Å². The number of carbonyl (C=O) groups is 1. The Morgan fingerprint density at radius 3 is 2.64 bits per heavy atom. The largest absolute Gasteiger partial charge is 0.468 e. The van der Waals surface area contributed by atoms with Gasteiger partial charge in [0.05, 0.1) is 13.7 Å². The molecule has 0 aliphatic carbocycles. The summed E-state index contributed by atoms with van der Waals surface area (Å²) in [5.41, 5.74) is 0. The number of methoxy groups -OCH3 is 1. The number of esters is 1. The third-order valence-electron chi connectivity index (χ3n) is 2.17. The molecule has 2 atom stereocenters. The quantitative estimate of drug-likeness (QED) is 0.649. The molecule has 0 spiro atoms. The molecule has 0 aromatic rings. The van der Waals surface area contributed by atoms with Gasteiger partial charge in [-0.3, -0.25) is 4.79 Å². The number of likely N-dealkylation sites (N-methyl/N-ethyl adjacent to an activating group) is 1. The average Bonchev–Trinajstić information content (AvgIpc) is 2.47. The van der Waals surface area contributed by atoms with Gasteiger partial charge in [0, 0.05) is 0 Å². The number of nitrogens with one attached hydrogen (secondary N) is 1. The Morgan fingerprint density at radius 1 is 1.64 bits per heavy atom. The lowest BCUT2D eigenvalue weighted by Crippen LogP contribution is -2.46. The minimum absolute atomic E-state index is 0.289. The maximum atomic E-state index is 11.3. The van der Waals surface area contributed by atoms with Gasteiger partial charge in [-0.15, -0.1) is 0 Å². The lowest BCUT2D eigenvalue weighted by Gasteiger charge is -2.21. The van der Waals surface area contributed by atoms with E-state index in [0.717, 1.165) is 0 Å². The molecule has 82 valence electrons. The number of hydrogen-bond donors (Lipinski definition) is 1. The molecule has 14 heavy (non-hydrogen) atoms. The van der Waals surface area contributed by atoms with Crippen LogP contribution in [-0.2, 0) is 19.0 Å². The van der Waals surface area contributed by atoms with E-state index < -0.39 is 11.8 Å². The summed E-state index contributed by atoms with van der Waals surface area (Å²) in [5, 5.41) is 2.85. The van der Waals surface area contributed by atoms with E-state index in [-0.39, 0.29) is 12.1 Å². The highest BCUT2D eigenvalue weighted by molar-refractivity contribution is 5.76. The molecule has 1 aliphatic heterocycles. The summed E-state index contributed by atoms with van der Waals surface area (Å²) < 4.78 is 15.5. The highest BCUT2D eigenvalue weighted by atomic mass is 16.7. The van der Waals surface area contributed by atoms with E-state index in [9.17, 15) is 4.79 Å². The Labute approximate surface area is 83.7 Å². The van der Waals surface area contributed by atoms with Crippen molar-refractivity contribution >= 4 is 5.97 Å². The van der Waals surface area contributed by atoms with Gasteiger partial charge in [0.2, 0.25) is 0 Å². The van der Waals surface area contributed by atoms with Crippen molar-refractivity contribution < 1.29 is 19.0 Å². The maximum Gasteiger partial charge on any atom is 0.325 e. The maximum absolute atomic E-state index is 11.3. The van der Waals surface area contributed by atoms with Crippen molar-refractivity contribution in [3.63, 3.8) is 0 Å².